The Bertz CT molecular complexity index is 302. The first-order valence-corrected chi connectivity index (χ1v) is 7.12. The lowest BCUT2D eigenvalue weighted by Crippen LogP contribution is -2.32. The van der Waals surface area contributed by atoms with Gasteiger partial charge in [-0.3, -0.25) is 4.68 Å². The van der Waals surface area contributed by atoms with E-state index in [0.717, 1.165) is 32.0 Å². The SMILES string of the molecule is CC(C)CCCOCC(O)CNCCn1cccn1. The number of ether oxygens (including phenoxy) is 1. The third kappa shape index (κ3) is 8.75. The van der Waals surface area contributed by atoms with E-state index in [1.54, 1.807) is 6.20 Å². The highest BCUT2D eigenvalue weighted by molar-refractivity contribution is 4.77. The van der Waals surface area contributed by atoms with Crippen molar-refractivity contribution in [1.29, 1.82) is 0 Å². The van der Waals surface area contributed by atoms with Crippen molar-refractivity contribution in [3.63, 3.8) is 0 Å². The second-order valence-corrected chi connectivity index (χ2v) is 5.24. The molecule has 0 saturated heterocycles. The minimum atomic E-state index is -0.434. The number of nitrogens with one attached hydrogen (secondary N) is 1. The average Bonchev–Trinajstić information content (AvgIpc) is 2.87. The quantitative estimate of drug-likeness (QED) is 0.594. The molecule has 0 aliphatic heterocycles. The Hall–Kier alpha value is -0.910. The van der Waals surface area contributed by atoms with Gasteiger partial charge in [0, 0.05) is 32.1 Å². The van der Waals surface area contributed by atoms with Crippen molar-refractivity contribution in [2.45, 2.75) is 39.3 Å². The maximum atomic E-state index is 9.70. The summed E-state index contributed by atoms with van der Waals surface area (Å²) in [6, 6.07) is 1.90. The monoisotopic (exact) mass is 269 g/mol. The zero-order chi connectivity index (χ0) is 13.9. The minimum Gasteiger partial charge on any atom is -0.389 e. The van der Waals surface area contributed by atoms with Crippen LogP contribution in [0.5, 0.6) is 0 Å². The molecule has 1 rings (SSSR count). The average molecular weight is 269 g/mol. The summed E-state index contributed by atoms with van der Waals surface area (Å²) in [5, 5.41) is 17.0. The fourth-order valence-electron chi connectivity index (χ4n) is 1.77. The van der Waals surface area contributed by atoms with Gasteiger partial charge < -0.3 is 15.2 Å². The van der Waals surface area contributed by atoms with E-state index < -0.39 is 6.10 Å². The van der Waals surface area contributed by atoms with Gasteiger partial charge in [0.2, 0.25) is 0 Å². The lowest BCUT2D eigenvalue weighted by Gasteiger charge is -2.12. The molecule has 1 aromatic rings. The Morgan fingerprint density at radius 2 is 2.26 bits per heavy atom. The van der Waals surface area contributed by atoms with E-state index in [-0.39, 0.29) is 0 Å². The van der Waals surface area contributed by atoms with Gasteiger partial charge in [-0.05, 0) is 24.8 Å². The van der Waals surface area contributed by atoms with Crippen LogP contribution in [0, 0.1) is 5.92 Å². The van der Waals surface area contributed by atoms with Crippen molar-refractivity contribution in [3.8, 4) is 0 Å². The summed E-state index contributed by atoms with van der Waals surface area (Å²) >= 11 is 0. The van der Waals surface area contributed by atoms with E-state index in [1.165, 1.54) is 6.42 Å². The van der Waals surface area contributed by atoms with Crippen LogP contribution in [0.25, 0.3) is 0 Å². The Labute approximate surface area is 116 Å². The standard InChI is InChI=1S/C14H27N3O2/c1-13(2)5-3-10-19-12-14(18)11-15-7-9-17-8-4-6-16-17/h4,6,8,13-15,18H,3,5,7,9-12H2,1-2H3. The van der Waals surface area contributed by atoms with Crippen LogP contribution < -0.4 is 5.32 Å². The molecule has 0 aliphatic carbocycles. The van der Waals surface area contributed by atoms with Crippen LogP contribution in [0.4, 0.5) is 0 Å². The van der Waals surface area contributed by atoms with Crippen molar-refractivity contribution in [2.75, 3.05) is 26.3 Å². The zero-order valence-corrected chi connectivity index (χ0v) is 12.1. The molecule has 0 saturated carbocycles. The van der Waals surface area contributed by atoms with Crippen molar-refractivity contribution in [2.24, 2.45) is 5.92 Å². The molecule has 5 heteroatoms. The summed E-state index contributed by atoms with van der Waals surface area (Å²) in [6.07, 6.45) is 5.50. The molecular formula is C14H27N3O2. The summed E-state index contributed by atoms with van der Waals surface area (Å²) < 4.78 is 7.30. The summed E-state index contributed by atoms with van der Waals surface area (Å²) in [5.74, 6) is 0.720. The molecular weight excluding hydrogens is 242 g/mol. The maximum absolute atomic E-state index is 9.70. The zero-order valence-electron chi connectivity index (χ0n) is 12.1. The first kappa shape index (κ1) is 16.1. The highest BCUT2D eigenvalue weighted by atomic mass is 16.5. The Balaban J connectivity index is 1.89. The van der Waals surface area contributed by atoms with Crippen molar-refractivity contribution < 1.29 is 9.84 Å². The van der Waals surface area contributed by atoms with E-state index in [9.17, 15) is 5.11 Å². The summed E-state index contributed by atoms with van der Waals surface area (Å²) in [4.78, 5) is 0. The van der Waals surface area contributed by atoms with Gasteiger partial charge in [0.1, 0.15) is 0 Å². The molecule has 1 atom stereocenters. The van der Waals surface area contributed by atoms with Gasteiger partial charge in [-0.15, -0.1) is 0 Å². The topological polar surface area (TPSA) is 59.3 Å². The van der Waals surface area contributed by atoms with E-state index in [4.69, 9.17) is 4.74 Å². The molecule has 0 radical (unpaired) electrons. The molecule has 0 fully saturated rings. The number of aromatic nitrogens is 2. The van der Waals surface area contributed by atoms with Crippen molar-refractivity contribution in [3.05, 3.63) is 18.5 Å². The predicted molar refractivity (Wildman–Crippen MR) is 76.0 cm³/mol. The van der Waals surface area contributed by atoms with Crippen LogP contribution in [0.15, 0.2) is 18.5 Å². The molecule has 0 aliphatic rings. The summed E-state index contributed by atoms with van der Waals surface area (Å²) in [6.45, 7) is 7.73. The first-order chi connectivity index (χ1) is 9.18. The number of rotatable bonds is 11. The smallest absolute Gasteiger partial charge is 0.0897 e. The largest absolute Gasteiger partial charge is 0.389 e. The Morgan fingerprint density at radius 1 is 1.42 bits per heavy atom. The molecule has 5 nitrogen and oxygen atoms in total. The molecule has 0 amide bonds. The Morgan fingerprint density at radius 3 is 2.95 bits per heavy atom. The maximum Gasteiger partial charge on any atom is 0.0897 e. The third-order valence-corrected chi connectivity index (χ3v) is 2.84. The van der Waals surface area contributed by atoms with Crippen LogP contribution in [-0.2, 0) is 11.3 Å². The highest BCUT2D eigenvalue weighted by Crippen LogP contribution is 2.03. The number of nitrogens with zero attached hydrogens (tertiary/aromatic N) is 2. The van der Waals surface area contributed by atoms with E-state index in [2.05, 4.69) is 24.3 Å². The molecule has 1 heterocycles. The van der Waals surface area contributed by atoms with Crippen molar-refractivity contribution in [1.82, 2.24) is 15.1 Å². The lowest BCUT2D eigenvalue weighted by molar-refractivity contribution is 0.0348. The van der Waals surface area contributed by atoms with Crippen molar-refractivity contribution >= 4 is 0 Å². The van der Waals surface area contributed by atoms with Crippen LogP contribution in [0.3, 0.4) is 0 Å². The summed E-state index contributed by atoms with van der Waals surface area (Å²) in [7, 11) is 0. The number of hydrogen-bond donors (Lipinski definition) is 2. The second-order valence-electron chi connectivity index (χ2n) is 5.24. The van der Waals surface area contributed by atoms with Crippen LogP contribution >= 0.6 is 0 Å². The first-order valence-electron chi connectivity index (χ1n) is 7.12. The molecule has 1 aromatic heterocycles. The molecule has 0 spiro atoms. The van der Waals surface area contributed by atoms with E-state index >= 15 is 0 Å². The molecule has 0 aromatic carbocycles. The van der Waals surface area contributed by atoms with E-state index in [0.29, 0.717) is 13.2 Å². The second kappa shape index (κ2) is 9.95. The third-order valence-electron chi connectivity index (χ3n) is 2.84. The fourth-order valence-corrected chi connectivity index (χ4v) is 1.77. The van der Waals surface area contributed by atoms with Gasteiger partial charge in [0.25, 0.3) is 0 Å². The van der Waals surface area contributed by atoms with Gasteiger partial charge in [0.15, 0.2) is 0 Å². The highest BCUT2D eigenvalue weighted by Gasteiger charge is 2.03. The van der Waals surface area contributed by atoms with Gasteiger partial charge >= 0.3 is 0 Å². The molecule has 0 bridgehead atoms. The van der Waals surface area contributed by atoms with Gasteiger partial charge in [-0.1, -0.05) is 13.8 Å². The lowest BCUT2D eigenvalue weighted by atomic mass is 10.1. The van der Waals surface area contributed by atoms with Crippen LogP contribution in [0.2, 0.25) is 0 Å². The van der Waals surface area contributed by atoms with Gasteiger partial charge in [-0.2, -0.15) is 5.10 Å². The molecule has 110 valence electrons. The van der Waals surface area contributed by atoms with Crippen LogP contribution in [-0.4, -0.2) is 47.3 Å². The number of aliphatic hydroxyl groups excluding tert-OH is 1. The molecule has 1 unspecified atom stereocenters. The van der Waals surface area contributed by atoms with Gasteiger partial charge in [-0.25, -0.2) is 0 Å². The van der Waals surface area contributed by atoms with E-state index in [1.807, 2.05) is 16.9 Å². The van der Waals surface area contributed by atoms with Gasteiger partial charge in [0.05, 0.1) is 19.3 Å². The predicted octanol–water partition coefficient (Wildman–Crippen LogP) is 1.29. The number of aliphatic hydroxyl groups is 1. The molecule has 2 N–H and O–H groups in total. The normalized spacial score (nSPS) is 13.1. The minimum absolute atomic E-state index is 0.410. The molecule has 19 heavy (non-hydrogen) atoms. The summed E-state index contributed by atoms with van der Waals surface area (Å²) in [5.41, 5.74) is 0. The fraction of sp³-hybridized carbons (Fsp3) is 0.786. The Kier molecular flexibility index (Phi) is 8.45. The number of hydrogen-bond acceptors (Lipinski definition) is 4. The van der Waals surface area contributed by atoms with Crippen LogP contribution in [0.1, 0.15) is 26.7 Å².